The molecule has 0 bridgehead atoms. The zero-order valence-electron chi connectivity index (χ0n) is 6.99. The van der Waals surface area contributed by atoms with Gasteiger partial charge in [-0.1, -0.05) is 0 Å². The third-order valence-corrected chi connectivity index (χ3v) is 1.62. The highest BCUT2D eigenvalue weighted by Crippen LogP contribution is 2.06. The molecule has 0 radical (unpaired) electrons. The van der Waals surface area contributed by atoms with Crippen LogP contribution in [0.3, 0.4) is 0 Å². The van der Waals surface area contributed by atoms with Crippen LogP contribution in [0.25, 0.3) is 0 Å². The molecule has 0 aliphatic heterocycles. The number of rotatable bonds is 1. The second-order valence-electron chi connectivity index (χ2n) is 2.59. The number of aryl methyl sites for hydroxylation is 2. The van der Waals surface area contributed by atoms with E-state index in [1.54, 1.807) is 7.05 Å². The Morgan fingerprint density at radius 3 is 2.55 bits per heavy atom. The summed E-state index contributed by atoms with van der Waals surface area (Å²) in [5.41, 5.74) is 2.47. The van der Waals surface area contributed by atoms with E-state index in [4.69, 9.17) is 0 Å². The Morgan fingerprint density at radius 2 is 2.09 bits per heavy atom. The van der Waals surface area contributed by atoms with Gasteiger partial charge in [0.2, 0.25) is 0 Å². The molecule has 0 spiro atoms. The van der Waals surface area contributed by atoms with Crippen LogP contribution in [0.1, 0.15) is 11.3 Å². The molecule has 0 aliphatic carbocycles. The summed E-state index contributed by atoms with van der Waals surface area (Å²) >= 11 is 0. The van der Waals surface area contributed by atoms with Gasteiger partial charge >= 0.3 is 0 Å². The van der Waals surface area contributed by atoms with Gasteiger partial charge in [0.25, 0.3) is 5.56 Å². The summed E-state index contributed by atoms with van der Waals surface area (Å²) in [6.45, 7) is 3.78. The maximum atomic E-state index is 11.2. The Hall–Kier alpha value is -1.25. The van der Waals surface area contributed by atoms with Crippen molar-refractivity contribution in [2.24, 2.45) is 0 Å². The number of hydrogen-bond acceptors (Lipinski definition) is 2. The average molecular weight is 152 g/mol. The minimum absolute atomic E-state index is 0.0509. The Kier molecular flexibility index (Phi) is 1.98. The van der Waals surface area contributed by atoms with Gasteiger partial charge in [-0.05, 0) is 25.5 Å². The molecule has 0 saturated heterocycles. The maximum absolute atomic E-state index is 11.2. The minimum atomic E-state index is -0.0509. The van der Waals surface area contributed by atoms with Gasteiger partial charge in [-0.15, -0.1) is 0 Å². The smallest absolute Gasteiger partial charge is 0.271 e. The molecule has 1 aromatic rings. The number of nitrogens with one attached hydrogen (secondary N) is 2. The first kappa shape index (κ1) is 7.85. The third kappa shape index (κ3) is 1.42. The summed E-state index contributed by atoms with van der Waals surface area (Å²) in [6.07, 6.45) is 0. The lowest BCUT2D eigenvalue weighted by Gasteiger charge is -2.03. The largest absolute Gasteiger partial charge is 0.383 e. The quantitative estimate of drug-likeness (QED) is 0.631. The summed E-state index contributed by atoms with van der Waals surface area (Å²) in [5, 5.41) is 2.85. The number of aromatic amines is 1. The average Bonchev–Trinajstić information content (AvgIpc) is 1.85. The fourth-order valence-corrected chi connectivity index (χ4v) is 1.16. The molecule has 3 heteroatoms. The van der Waals surface area contributed by atoms with E-state index in [0.717, 1.165) is 11.3 Å². The molecule has 2 N–H and O–H groups in total. The summed E-state index contributed by atoms with van der Waals surface area (Å²) in [6, 6.07) is 1.94. The molecule has 0 amide bonds. The van der Waals surface area contributed by atoms with Crippen LogP contribution in [0.15, 0.2) is 10.9 Å². The van der Waals surface area contributed by atoms with Crippen molar-refractivity contribution in [3.05, 3.63) is 27.7 Å². The highest BCUT2D eigenvalue weighted by Gasteiger charge is 2.00. The number of H-pyrrole nitrogens is 1. The highest BCUT2D eigenvalue weighted by atomic mass is 16.1. The summed E-state index contributed by atoms with van der Waals surface area (Å²) in [5.74, 6) is 0. The summed E-state index contributed by atoms with van der Waals surface area (Å²) in [4.78, 5) is 13.9. The monoisotopic (exact) mass is 152 g/mol. The minimum Gasteiger partial charge on any atom is -0.383 e. The van der Waals surface area contributed by atoms with Crippen molar-refractivity contribution in [2.75, 3.05) is 12.4 Å². The molecule has 11 heavy (non-hydrogen) atoms. The van der Waals surface area contributed by atoms with Gasteiger partial charge in [-0.3, -0.25) is 4.79 Å². The van der Waals surface area contributed by atoms with E-state index >= 15 is 0 Å². The van der Waals surface area contributed by atoms with Gasteiger partial charge in [0.05, 0.1) is 0 Å². The van der Waals surface area contributed by atoms with Gasteiger partial charge in [0.15, 0.2) is 0 Å². The molecule has 0 unspecified atom stereocenters. The van der Waals surface area contributed by atoms with Gasteiger partial charge in [0.1, 0.15) is 5.69 Å². The molecular formula is C8H12N2O. The van der Waals surface area contributed by atoms with Crippen molar-refractivity contribution in [3.8, 4) is 0 Å². The van der Waals surface area contributed by atoms with Crippen molar-refractivity contribution in [3.63, 3.8) is 0 Å². The summed E-state index contributed by atoms with van der Waals surface area (Å²) in [7, 11) is 1.74. The lowest BCUT2D eigenvalue weighted by Crippen LogP contribution is -2.13. The molecule has 1 heterocycles. The van der Waals surface area contributed by atoms with Crippen molar-refractivity contribution in [1.82, 2.24) is 4.98 Å². The Labute approximate surface area is 65.5 Å². The van der Waals surface area contributed by atoms with Crippen molar-refractivity contribution in [2.45, 2.75) is 13.8 Å². The molecule has 0 fully saturated rings. The molecule has 60 valence electrons. The standard InChI is InChI=1S/C8H12N2O/c1-5-4-6(2)10-8(11)7(5)9-3/h4,9H,1-3H3,(H,10,11). The Balaban J connectivity index is 3.37. The van der Waals surface area contributed by atoms with Crippen LogP contribution in [0, 0.1) is 13.8 Å². The van der Waals surface area contributed by atoms with Gasteiger partial charge in [-0.25, -0.2) is 0 Å². The fourth-order valence-electron chi connectivity index (χ4n) is 1.16. The number of hydrogen-bond donors (Lipinski definition) is 2. The Bertz CT molecular complexity index is 314. The normalized spacial score (nSPS) is 9.73. The van der Waals surface area contributed by atoms with E-state index in [1.807, 2.05) is 19.9 Å². The summed E-state index contributed by atoms with van der Waals surface area (Å²) < 4.78 is 0. The fraction of sp³-hybridized carbons (Fsp3) is 0.375. The number of aromatic nitrogens is 1. The van der Waals surface area contributed by atoms with Gasteiger partial charge in [-0.2, -0.15) is 0 Å². The van der Waals surface area contributed by atoms with Crippen LogP contribution in [0.5, 0.6) is 0 Å². The first-order valence-electron chi connectivity index (χ1n) is 3.53. The zero-order chi connectivity index (χ0) is 8.43. The second-order valence-corrected chi connectivity index (χ2v) is 2.59. The van der Waals surface area contributed by atoms with Gasteiger partial charge in [0, 0.05) is 12.7 Å². The van der Waals surface area contributed by atoms with Crippen LogP contribution in [0.2, 0.25) is 0 Å². The molecule has 0 aromatic carbocycles. The van der Waals surface area contributed by atoms with Crippen LogP contribution in [-0.4, -0.2) is 12.0 Å². The first-order valence-corrected chi connectivity index (χ1v) is 3.53. The van der Waals surface area contributed by atoms with E-state index in [0.29, 0.717) is 5.69 Å². The van der Waals surface area contributed by atoms with Crippen LogP contribution < -0.4 is 10.9 Å². The van der Waals surface area contributed by atoms with E-state index in [2.05, 4.69) is 10.3 Å². The molecule has 1 aromatic heterocycles. The van der Waals surface area contributed by atoms with E-state index < -0.39 is 0 Å². The molecular weight excluding hydrogens is 140 g/mol. The van der Waals surface area contributed by atoms with Crippen LogP contribution >= 0.6 is 0 Å². The lowest BCUT2D eigenvalue weighted by molar-refractivity contribution is 1.12. The van der Waals surface area contributed by atoms with Crippen LogP contribution in [0.4, 0.5) is 5.69 Å². The topological polar surface area (TPSA) is 44.9 Å². The predicted molar refractivity (Wildman–Crippen MR) is 46.1 cm³/mol. The molecule has 3 nitrogen and oxygen atoms in total. The molecule has 0 aliphatic rings. The predicted octanol–water partition coefficient (Wildman–Crippen LogP) is 1.03. The lowest BCUT2D eigenvalue weighted by atomic mass is 10.2. The first-order chi connectivity index (χ1) is 5.15. The van der Waals surface area contributed by atoms with Crippen LogP contribution in [-0.2, 0) is 0 Å². The van der Waals surface area contributed by atoms with Crippen molar-refractivity contribution < 1.29 is 0 Å². The van der Waals surface area contributed by atoms with Crippen molar-refractivity contribution >= 4 is 5.69 Å². The van der Waals surface area contributed by atoms with Crippen molar-refractivity contribution in [1.29, 1.82) is 0 Å². The second kappa shape index (κ2) is 2.78. The highest BCUT2D eigenvalue weighted by molar-refractivity contribution is 5.48. The Morgan fingerprint density at radius 1 is 1.45 bits per heavy atom. The number of pyridine rings is 1. The third-order valence-electron chi connectivity index (χ3n) is 1.62. The van der Waals surface area contributed by atoms with E-state index in [9.17, 15) is 4.79 Å². The van der Waals surface area contributed by atoms with Gasteiger partial charge < -0.3 is 10.3 Å². The molecule has 0 saturated carbocycles. The molecule has 0 atom stereocenters. The van der Waals surface area contributed by atoms with E-state index in [1.165, 1.54) is 0 Å². The number of anilines is 1. The van der Waals surface area contributed by atoms with E-state index in [-0.39, 0.29) is 5.56 Å². The SMILES string of the molecule is CNc1c(C)cc(C)[nH]c1=O. The molecule has 1 rings (SSSR count). The maximum Gasteiger partial charge on any atom is 0.271 e. The zero-order valence-corrected chi connectivity index (χ0v) is 6.99.